The number of ether oxygens (including phenoxy) is 1. The van der Waals surface area contributed by atoms with Crippen LogP contribution >= 0.6 is 18.8 Å². The van der Waals surface area contributed by atoms with Crippen LogP contribution in [0.1, 0.15) is 6.42 Å². The van der Waals surface area contributed by atoms with Crippen LogP contribution in [-0.4, -0.2) is 13.7 Å². The van der Waals surface area contributed by atoms with Crippen molar-refractivity contribution in [3.8, 4) is 6.07 Å². The van der Waals surface area contributed by atoms with Crippen LogP contribution in [0.4, 0.5) is 0 Å². The quantitative estimate of drug-likeness (QED) is 0.759. The minimum atomic E-state index is -0.472. The molecule has 6 heteroatoms. The molecular weight excluding hydrogens is 358 g/mol. The number of methoxy groups -OCH3 is 1. The van der Waals surface area contributed by atoms with E-state index in [9.17, 15) is 0 Å². The van der Waals surface area contributed by atoms with Gasteiger partial charge in [-0.2, -0.15) is 5.26 Å². The molecule has 0 saturated carbocycles. The van der Waals surface area contributed by atoms with Gasteiger partial charge in [-0.15, -0.1) is 0 Å². The molecule has 0 rings (SSSR count). The zero-order valence-electron chi connectivity index (χ0n) is 5.55. The van der Waals surface area contributed by atoms with E-state index in [1.165, 1.54) is 0 Å². The molecule has 0 radical (unpaired) electrons. The van der Waals surface area contributed by atoms with E-state index in [2.05, 4.69) is 4.74 Å². The first-order valence-corrected chi connectivity index (χ1v) is 7.64. The molecule has 0 amide bonds. The third kappa shape index (κ3) is 37.8. The molecule has 3 N–H and O–H groups in total. The average molecular weight is 368 g/mol. The Balaban J connectivity index is -0.000000107. The maximum absolute atomic E-state index is 7.87. The van der Waals surface area contributed by atoms with Gasteiger partial charge in [0.25, 0.3) is 0 Å². The molecule has 3 nitrogen and oxygen atoms in total. The topological polar surface area (TPSA) is 68.0 Å². The maximum atomic E-state index is 7.87. The molecule has 0 saturated heterocycles. The molecule has 0 heterocycles. The van der Waals surface area contributed by atoms with Crippen molar-refractivity contribution in [3.63, 3.8) is 0 Å². The fourth-order valence-corrected chi connectivity index (χ4v) is 0.148. The van der Waals surface area contributed by atoms with Gasteiger partial charge < -0.3 is 10.9 Å². The summed E-state index contributed by atoms with van der Waals surface area (Å²) in [5, 5.41) is 7.87. The third-order valence-electron chi connectivity index (χ3n) is 0.418. The van der Waals surface area contributed by atoms with Crippen LogP contribution in [0.25, 0.3) is 0 Å². The van der Waals surface area contributed by atoms with E-state index in [0.717, 1.165) is 0 Å². The van der Waals surface area contributed by atoms with Crippen LogP contribution < -0.4 is 6.15 Å². The summed E-state index contributed by atoms with van der Waals surface area (Å²) in [5.74, 6) is 0. The Morgan fingerprint density at radius 3 is 2.10 bits per heavy atom. The van der Waals surface area contributed by atoms with Gasteiger partial charge in [-0.3, -0.25) is 0 Å². The van der Waals surface area contributed by atoms with Gasteiger partial charge >= 0.3 is 35.3 Å². The van der Waals surface area contributed by atoms with Gasteiger partial charge in [0.15, 0.2) is 0 Å². The van der Waals surface area contributed by atoms with Gasteiger partial charge in [-0.25, -0.2) is 0 Å². The number of hydrogen-bond acceptors (Lipinski definition) is 3. The minimum absolute atomic E-state index is 0. The van der Waals surface area contributed by atoms with Gasteiger partial charge in [-0.1, -0.05) is 0 Å². The summed E-state index contributed by atoms with van der Waals surface area (Å²) in [6.07, 6.45) is 0.497. The van der Waals surface area contributed by atoms with Gasteiger partial charge in [0.1, 0.15) is 0 Å². The monoisotopic (exact) mass is 367 g/mol. The van der Waals surface area contributed by atoms with Gasteiger partial charge in [0.2, 0.25) is 0 Å². The summed E-state index contributed by atoms with van der Waals surface area (Å²) in [7, 11) is 11.3. The van der Waals surface area contributed by atoms with E-state index in [0.29, 0.717) is 13.0 Å². The summed E-state index contributed by atoms with van der Waals surface area (Å²) in [5.41, 5.74) is 0. The van der Waals surface area contributed by atoms with Gasteiger partial charge in [0.05, 0.1) is 19.1 Å². The molecule has 0 atom stereocenters. The van der Waals surface area contributed by atoms with Crippen molar-refractivity contribution in [2.75, 3.05) is 13.7 Å². The third-order valence-corrected chi connectivity index (χ3v) is 0.418. The molecule has 0 spiro atoms. The normalized spacial score (nSPS) is 6.60. The molecule has 66 valence electrons. The first-order chi connectivity index (χ1) is 4.33. The van der Waals surface area contributed by atoms with Crippen molar-refractivity contribution in [1.82, 2.24) is 6.15 Å². The standard InChI is InChI=1S/C4H7NO.2ClH.H3N.Pt/c1-6-4-2-3-5;;;;/h2,4H2,1H3;2*1H;1H3;/q;;;;+2/p-2. The van der Waals surface area contributed by atoms with Gasteiger partial charge in [0, 0.05) is 7.11 Å². The number of nitrogens with zero attached hydrogens (tertiary/aromatic N) is 1. The van der Waals surface area contributed by atoms with E-state index >= 15 is 0 Å². The fraction of sp³-hybridized carbons (Fsp3) is 0.750. The van der Waals surface area contributed by atoms with Gasteiger partial charge in [-0.05, 0) is 0 Å². The Morgan fingerprint density at radius 1 is 1.60 bits per heavy atom. The van der Waals surface area contributed by atoms with Crippen molar-refractivity contribution >= 4 is 18.8 Å². The van der Waals surface area contributed by atoms with E-state index in [-0.39, 0.29) is 6.15 Å². The molecule has 0 aliphatic heterocycles. The molecule has 0 aliphatic rings. The van der Waals surface area contributed by atoms with Crippen LogP contribution in [0.15, 0.2) is 0 Å². The molecule has 0 fully saturated rings. The molecular formula is C4H10Cl2N2OPt. The van der Waals surface area contributed by atoms with E-state index in [1.807, 2.05) is 6.07 Å². The Kier molecular flexibility index (Phi) is 38.4. The molecule has 0 aliphatic carbocycles. The first kappa shape index (κ1) is 17.0. The van der Waals surface area contributed by atoms with Crippen LogP contribution in [0, 0.1) is 11.3 Å². The summed E-state index contributed by atoms with van der Waals surface area (Å²) in [4.78, 5) is 0. The van der Waals surface area contributed by atoms with E-state index in [4.69, 9.17) is 24.1 Å². The second-order valence-corrected chi connectivity index (χ2v) is 4.23. The Labute approximate surface area is 77.6 Å². The number of rotatable bonds is 2. The fourth-order valence-electron chi connectivity index (χ4n) is 0.148. The Hall–Kier alpha value is 0.678. The molecule has 0 unspecified atom stereocenters. The SMILES string of the molecule is COCCC#N.N.[Cl][Pt][Cl]. The zero-order chi connectivity index (χ0) is 7.54. The van der Waals surface area contributed by atoms with E-state index in [1.54, 1.807) is 7.11 Å². The average Bonchev–Trinajstić information content (AvgIpc) is 1.86. The molecule has 10 heavy (non-hydrogen) atoms. The summed E-state index contributed by atoms with van der Waals surface area (Å²) in [6.45, 7) is 0.552. The van der Waals surface area contributed by atoms with Crippen molar-refractivity contribution in [2.24, 2.45) is 0 Å². The summed E-state index contributed by atoms with van der Waals surface area (Å²) in [6, 6.07) is 1.94. The predicted octanol–water partition coefficient (Wildman–Crippen LogP) is 2.08. The van der Waals surface area contributed by atoms with Crippen molar-refractivity contribution in [2.45, 2.75) is 6.42 Å². The second kappa shape index (κ2) is 22.6. The second-order valence-electron chi connectivity index (χ2n) is 0.946. The molecule has 0 aromatic rings. The number of hydrogen-bond donors (Lipinski definition) is 1. The number of halogens is 2. The molecule has 0 aromatic heterocycles. The number of nitriles is 1. The van der Waals surface area contributed by atoms with Crippen LogP contribution in [0.2, 0.25) is 0 Å². The van der Waals surface area contributed by atoms with Crippen molar-refractivity contribution in [3.05, 3.63) is 0 Å². The van der Waals surface area contributed by atoms with E-state index < -0.39 is 16.5 Å². The predicted molar refractivity (Wildman–Crippen MR) is 38.8 cm³/mol. The molecule has 0 bridgehead atoms. The van der Waals surface area contributed by atoms with Crippen LogP contribution in [0.5, 0.6) is 0 Å². The van der Waals surface area contributed by atoms with Crippen molar-refractivity contribution in [1.29, 1.82) is 5.26 Å². The summed E-state index contributed by atoms with van der Waals surface area (Å²) >= 11 is -0.472. The van der Waals surface area contributed by atoms with Crippen LogP contribution in [0.3, 0.4) is 0 Å². The van der Waals surface area contributed by atoms with Crippen molar-refractivity contribution < 1.29 is 21.2 Å². The Morgan fingerprint density at radius 2 is 2.00 bits per heavy atom. The first-order valence-electron chi connectivity index (χ1n) is 2.01. The zero-order valence-corrected chi connectivity index (χ0v) is 9.33. The summed E-state index contributed by atoms with van der Waals surface area (Å²) < 4.78 is 4.56. The Bertz CT molecular complexity index is 78.1. The van der Waals surface area contributed by atoms with Crippen LogP contribution in [-0.2, 0) is 21.2 Å². The molecule has 0 aromatic carbocycles.